The van der Waals surface area contributed by atoms with E-state index in [9.17, 15) is 9.59 Å². The number of nitrogens with one attached hydrogen (secondary N) is 1. The number of hydrogen-bond donors (Lipinski definition) is 1. The van der Waals surface area contributed by atoms with Crippen LogP contribution in [0, 0.1) is 6.92 Å². The summed E-state index contributed by atoms with van der Waals surface area (Å²) in [6.07, 6.45) is 4.38. The summed E-state index contributed by atoms with van der Waals surface area (Å²) in [4.78, 5) is 25.9. The maximum Gasteiger partial charge on any atom is 0.291 e. The van der Waals surface area contributed by atoms with Crippen molar-refractivity contribution in [2.75, 3.05) is 5.32 Å². The number of amides is 1. The lowest BCUT2D eigenvalue weighted by molar-refractivity contribution is 0.0454. The summed E-state index contributed by atoms with van der Waals surface area (Å²) in [7, 11) is 0. The second kappa shape index (κ2) is 6.63. The van der Waals surface area contributed by atoms with Gasteiger partial charge in [-0.05, 0) is 69.0 Å². The van der Waals surface area contributed by atoms with Crippen LogP contribution in [-0.2, 0) is 0 Å². The fourth-order valence-corrected chi connectivity index (χ4v) is 4.70. The summed E-state index contributed by atoms with van der Waals surface area (Å²) in [6.45, 7) is 1.80. The SMILES string of the molecule is Cc1c(C(=O)Nc2ccc(Cl)cc2)oc2ccc3c(c12)C(=O)CC1(CCCC1)O3. The number of hydrogen-bond acceptors (Lipinski definition) is 4. The molecule has 1 aromatic heterocycles. The van der Waals surface area contributed by atoms with Gasteiger partial charge in [-0.3, -0.25) is 9.59 Å². The van der Waals surface area contributed by atoms with Crippen molar-refractivity contribution in [1.29, 1.82) is 0 Å². The van der Waals surface area contributed by atoms with Gasteiger partial charge in [-0.15, -0.1) is 0 Å². The van der Waals surface area contributed by atoms with Crippen LogP contribution in [0.5, 0.6) is 5.75 Å². The Bertz CT molecular complexity index is 1140. The van der Waals surface area contributed by atoms with E-state index in [1.54, 1.807) is 43.3 Å². The summed E-state index contributed by atoms with van der Waals surface area (Å²) in [5.74, 6) is 0.486. The van der Waals surface area contributed by atoms with Crippen LogP contribution in [0.2, 0.25) is 5.02 Å². The van der Waals surface area contributed by atoms with Crippen LogP contribution in [0.4, 0.5) is 5.69 Å². The normalized spacial score (nSPS) is 17.4. The first kappa shape index (κ1) is 18.3. The molecule has 2 aliphatic rings. The minimum atomic E-state index is -0.369. The zero-order chi connectivity index (χ0) is 20.2. The summed E-state index contributed by atoms with van der Waals surface area (Å²) in [5.41, 5.74) is 1.95. The van der Waals surface area contributed by atoms with Gasteiger partial charge in [-0.25, -0.2) is 0 Å². The van der Waals surface area contributed by atoms with E-state index in [0.29, 0.717) is 45.0 Å². The van der Waals surface area contributed by atoms with Crippen LogP contribution >= 0.6 is 11.6 Å². The van der Waals surface area contributed by atoms with E-state index >= 15 is 0 Å². The van der Waals surface area contributed by atoms with Gasteiger partial charge in [0.2, 0.25) is 0 Å². The van der Waals surface area contributed by atoms with Crippen LogP contribution < -0.4 is 10.1 Å². The van der Waals surface area contributed by atoms with Crippen LogP contribution in [0.15, 0.2) is 40.8 Å². The lowest BCUT2D eigenvalue weighted by Crippen LogP contribution is -2.39. The Balaban J connectivity index is 1.54. The minimum absolute atomic E-state index is 0.0623. The van der Waals surface area contributed by atoms with Crippen molar-refractivity contribution in [2.24, 2.45) is 0 Å². The third-order valence-corrected chi connectivity index (χ3v) is 6.22. The molecule has 1 aliphatic carbocycles. The van der Waals surface area contributed by atoms with Crippen LogP contribution in [0.1, 0.15) is 58.6 Å². The topological polar surface area (TPSA) is 68.5 Å². The Kier molecular flexibility index (Phi) is 4.17. The molecule has 1 N–H and O–H groups in total. The van der Waals surface area contributed by atoms with Crippen LogP contribution in [-0.4, -0.2) is 17.3 Å². The number of carbonyl (C=O) groups is 2. The summed E-state index contributed by atoms with van der Waals surface area (Å²) < 4.78 is 12.2. The smallest absolute Gasteiger partial charge is 0.291 e. The molecule has 1 fully saturated rings. The molecule has 5 rings (SSSR count). The van der Waals surface area contributed by atoms with Gasteiger partial charge < -0.3 is 14.5 Å². The number of halogens is 1. The third-order valence-electron chi connectivity index (χ3n) is 5.97. The number of carbonyl (C=O) groups excluding carboxylic acids is 2. The summed E-state index contributed by atoms with van der Waals surface area (Å²) >= 11 is 5.89. The molecule has 148 valence electrons. The Morgan fingerprint density at radius 1 is 1.10 bits per heavy atom. The summed E-state index contributed by atoms with van der Waals surface area (Å²) in [6, 6.07) is 10.4. The number of ether oxygens (including phenoxy) is 1. The van der Waals surface area contributed by atoms with Gasteiger partial charge in [0, 0.05) is 21.7 Å². The first-order chi connectivity index (χ1) is 14.0. The highest BCUT2D eigenvalue weighted by atomic mass is 35.5. The fraction of sp³-hybridized carbons (Fsp3) is 0.304. The average molecular weight is 410 g/mol. The van der Waals surface area contributed by atoms with Crippen molar-refractivity contribution in [3.63, 3.8) is 0 Å². The van der Waals surface area contributed by atoms with Crippen molar-refractivity contribution in [1.82, 2.24) is 0 Å². The molecule has 3 aromatic rings. The van der Waals surface area contributed by atoms with Crippen molar-refractivity contribution >= 4 is 39.9 Å². The van der Waals surface area contributed by atoms with E-state index in [1.165, 1.54) is 0 Å². The molecular weight excluding hydrogens is 390 g/mol. The quantitative estimate of drug-likeness (QED) is 0.570. The van der Waals surface area contributed by atoms with Gasteiger partial charge >= 0.3 is 0 Å². The molecule has 1 saturated carbocycles. The molecule has 1 spiro atoms. The Morgan fingerprint density at radius 3 is 2.55 bits per heavy atom. The first-order valence-corrected chi connectivity index (χ1v) is 10.2. The Morgan fingerprint density at radius 2 is 1.83 bits per heavy atom. The highest BCUT2D eigenvalue weighted by molar-refractivity contribution is 6.30. The van der Waals surface area contributed by atoms with Crippen molar-refractivity contribution in [3.05, 3.63) is 58.3 Å². The van der Waals surface area contributed by atoms with E-state index in [4.69, 9.17) is 20.8 Å². The van der Waals surface area contributed by atoms with Crippen LogP contribution in [0.25, 0.3) is 11.0 Å². The minimum Gasteiger partial charge on any atom is -0.486 e. The van der Waals surface area contributed by atoms with Gasteiger partial charge in [0.15, 0.2) is 11.5 Å². The Hall–Kier alpha value is -2.79. The zero-order valence-electron chi connectivity index (χ0n) is 16.0. The van der Waals surface area contributed by atoms with Gasteiger partial charge in [0.05, 0.1) is 12.0 Å². The van der Waals surface area contributed by atoms with E-state index in [0.717, 1.165) is 25.7 Å². The fourth-order valence-electron chi connectivity index (χ4n) is 4.57. The van der Waals surface area contributed by atoms with Gasteiger partial charge in [-0.2, -0.15) is 0 Å². The van der Waals surface area contributed by atoms with Crippen molar-refractivity contribution < 1.29 is 18.7 Å². The molecule has 1 amide bonds. The first-order valence-electron chi connectivity index (χ1n) is 9.81. The number of furan rings is 1. The van der Waals surface area contributed by atoms with Crippen molar-refractivity contribution in [2.45, 2.75) is 44.6 Å². The van der Waals surface area contributed by atoms with E-state index < -0.39 is 0 Å². The van der Waals surface area contributed by atoms with E-state index in [-0.39, 0.29) is 23.1 Å². The summed E-state index contributed by atoms with van der Waals surface area (Å²) in [5, 5.41) is 4.07. The molecule has 29 heavy (non-hydrogen) atoms. The predicted molar refractivity (Wildman–Crippen MR) is 111 cm³/mol. The number of ketones is 1. The second-order valence-corrected chi connectivity index (χ2v) is 8.36. The molecule has 6 heteroatoms. The number of benzene rings is 2. The number of anilines is 1. The lowest BCUT2D eigenvalue weighted by Gasteiger charge is -2.34. The highest BCUT2D eigenvalue weighted by Gasteiger charge is 2.43. The second-order valence-electron chi connectivity index (χ2n) is 7.92. The standard InChI is InChI=1S/C23H20ClNO4/c1-13-19-17(28-21(13)22(27)25-15-6-4-14(24)5-7-15)8-9-18-20(19)16(26)12-23(29-18)10-2-3-11-23/h4-9H,2-3,10-12H2,1H3,(H,25,27). The zero-order valence-corrected chi connectivity index (χ0v) is 16.8. The molecule has 0 unspecified atom stereocenters. The number of fused-ring (bicyclic) bond motifs is 3. The van der Waals surface area contributed by atoms with Gasteiger partial charge in [0.1, 0.15) is 16.9 Å². The lowest BCUT2D eigenvalue weighted by atomic mass is 9.87. The molecule has 5 nitrogen and oxygen atoms in total. The molecule has 0 bridgehead atoms. The van der Waals surface area contributed by atoms with Gasteiger partial charge in [-0.1, -0.05) is 11.6 Å². The molecule has 2 aromatic carbocycles. The largest absolute Gasteiger partial charge is 0.486 e. The molecule has 0 saturated heterocycles. The monoisotopic (exact) mass is 409 g/mol. The van der Waals surface area contributed by atoms with Crippen molar-refractivity contribution in [3.8, 4) is 5.75 Å². The van der Waals surface area contributed by atoms with E-state index in [1.807, 2.05) is 0 Å². The Labute approximate surface area is 173 Å². The molecule has 0 radical (unpaired) electrons. The maximum absolute atomic E-state index is 13.1. The average Bonchev–Trinajstić information content (AvgIpc) is 3.28. The molecule has 0 atom stereocenters. The predicted octanol–water partition coefficient (Wildman–Crippen LogP) is 5.92. The third kappa shape index (κ3) is 3.01. The van der Waals surface area contributed by atoms with Crippen LogP contribution in [0.3, 0.4) is 0 Å². The molecule has 1 aliphatic heterocycles. The highest BCUT2D eigenvalue weighted by Crippen LogP contribution is 2.46. The molecular formula is C23H20ClNO4. The van der Waals surface area contributed by atoms with Gasteiger partial charge in [0.25, 0.3) is 5.91 Å². The number of aryl methyl sites for hydroxylation is 1. The van der Waals surface area contributed by atoms with E-state index in [2.05, 4.69) is 5.32 Å². The maximum atomic E-state index is 13.1. The molecule has 2 heterocycles. The number of Topliss-reactive ketones (excluding diaryl/α,β-unsaturated/α-hetero) is 1. The number of rotatable bonds is 2.